The second kappa shape index (κ2) is 3.83. The van der Waals surface area contributed by atoms with E-state index in [0.717, 1.165) is 17.9 Å². The number of ether oxygens (including phenoxy) is 1. The van der Waals surface area contributed by atoms with Crippen molar-refractivity contribution < 1.29 is 4.74 Å². The average molecular weight is 217 g/mol. The lowest BCUT2D eigenvalue weighted by molar-refractivity contribution is 0.426. The fraction of sp³-hybridized carbons (Fsp3) is 0.250. The van der Waals surface area contributed by atoms with Crippen molar-refractivity contribution in [3.05, 3.63) is 36.5 Å². The van der Waals surface area contributed by atoms with Gasteiger partial charge in [0.2, 0.25) is 0 Å². The van der Waals surface area contributed by atoms with Crippen LogP contribution in [0.3, 0.4) is 0 Å². The van der Waals surface area contributed by atoms with Gasteiger partial charge in [-0.15, -0.1) is 11.8 Å². The number of pyridine rings is 1. The predicted molar refractivity (Wildman–Crippen MR) is 62.2 cm³/mol. The largest absolute Gasteiger partial charge is 0.372 e. The highest BCUT2D eigenvalue weighted by Crippen LogP contribution is 2.29. The highest BCUT2D eigenvalue weighted by molar-refractivity contribution is 7.99. The minimum Gasteiger partial charge on any atom is -0.372 e. The van der Waals surface area contributed by atoms with Crippen molar-refractivity contribution >= 4 is 22.7 Å². The Bertz CT molecular complexity index is 477. The Hall–Kier alpha value is -1.06. The molecule has 1 aliphatic heterocycles. The van der Waals surface area contributed by atoms with Crippen LogP contribution in [0, 0.1) is 0 Å². The molecule has 1 fully saturated rings. The van der Waals surface area contributed by atoms with Crippen molar-refractivity contribution in [2.75, 3.05) is 12.4 Å². The molecule has 1 aliphatic rings. The van der Waals surface area contributed by atoms with Crippen molar-refractivity contribution in [1.29, 1.82) is 0 Å². The van der Waals surface area contributed by atoms with E-state index < -0.39 is 0 Å². The molecule has 1 aromatic heterocycles. The molecule has 3 heteroatoms. The summed E-state index contributed by atoms with van der Waals surface area (Å²) >= 11 is 1.86. The summed E-state index contributed by atoms with van der Waals surface area (Å²) < 4.78 is 5.21. The third-order valence-corrected chi connectivity index (χ3v) is 3.64. The topological polar surface area (TPSA) is 25.4 Å². The highest BCUT2D eigenvalue weighted by atomic mass is 32.2. The summed E-state index contributed by atoms with van der Waals surface area (Å²) in [5, 5.41) is 1.24. The van der Waals surface area contributed by atoms with Gasteiger partial charge in [0, 0.05) is 22.2 Å². The Morgan fingerprint density at radius 1 is 1.33 bits per heavy atom. The van der Waals surface area contributed by atoms with Crippen molar-refractivity contribution in [3.8, 4) is 0 Å². The minimum atomic E-state index is 0.474. The monoisotopic (exact) mass is 217 g/mol. The van der Waals surface area contributed by atoms with Crippen LogP contribution >= 0.6 is 11.8 Å². The van der Waals surface area contributed by atoms with Gasteiger partial charge in [0.15, 0.2) is 0 Å². The van der Waals surface area contributed by atoms with Crippen molar-refractivity contribution in [2.45, 2.75) is 11.0 Å². The predicted octanol–water partition coefficient (Wildman–Crippen LogP) is 2.73. The van der Waals surface area contributed by atoms with Gasteiger partial charge in [0.25, 0.3) is 0 Å². The highest BCUT2D eigenvalue weighted by Gasteiger charge is 2.22. The zero-order valence-corrected chi connectivity index (χ0v) is 9.04. The molecule has 2 heterocycles. The molecule has 0 bridgehead atoms. The van der Waals surface area contributed by atoms with Gasteiger partial charge in [0.1, 0.15) is 0 Å². The third kappa shape index (κ3) is 1.98. The SMILES string of the molecule is c1cc(SCC2CO2)c2cccnc2c1. The summed E-state index contributed by atoms with van der Waals surface area (Å²) in [4.78, 5) is 5.64. The number of fused-ring (bicyclic) bond motifs is 1. The number of hydrogen-bond donors (Lipinski definition) is 0. The minimum absolute atomic E-state index is 0.474. The molecule has 0 N–H and O–H groups in total. The molecule has 1 saturated heterocycles. The molecule has 0 amide bonds. The van der Waals surface area contributed by atoms with E-state index >= 15 is 0 Å². The second-order valence-corrected chi connectivity index (χ2v) is 4.65. The third-order valence-electron chi connectivity index (χ3n) is 2.43. The van der Waals surface area contributed by atoms with Gasteiger partial charge >= 0.3 is 0 Å². The van der Waals surface area contributed by atoms with Crippen LogP contribution < -0.4 is 0 Å². The molecule has 0 spiro atoms. The van der Waals surface area contributed by atoms with Gasteiger partial charge in [-0.25, -0.2) is 0 Å². The molecule has 1 atom stereocenters. The lowest BCUT2D eigenvalue weighted by atomic mass is 10.2. The molecule has 2 nitrogen and oxygen atoms in total. The molecule has 2 aromatic rings. The van der Waals surface area contributed by atoms with Gasteiger partial charge < -0.3 is 4.74 Å². The first-order valence-electron chi connectivity index (χ1n) is 5.01. The molecular weight excluding hydrogens is 206 g/mol. The first-order valence-corrected chi connectivity index (χ1v) is 6.00. The zero-order chi connectivity index (χ0) is 10.1. The van der Waals surface area contributed by atoms with Crippen LogP contribution in [-0.4, -0.2) is 23.4 Å². The van der Waals surface area contributed by atoms with Gasteiger partial charge in [0.05, 0.1) is 18.2 Å². The molecule has 0 radical (unpaired) electrons. The molecular formula is C12H11NOS. The van der Waals surface area contributed by atoms with Gasteiger partial charge in [-0.05, 0) is 18.2 Å². The number of epoxide rings is 1. The summed E-state index contributed by atoms with van der Waals surface area (Å²) in [6.07, 6.45) is 2.31. The van der Waals surface area contributed by atoms with Crippen LogP contribution in [-0.2, 0) is 4.74 Å². The summed E-state index contributed by atoms with van der Waals surface area (Å²) in [7, 11) is 0. The van der Waals surface area contributed by atoms with Crippen LogP contribution in [0.4, 0.5) is 0 Å². The van der Waals surface area contributed by atoms with Crippen molar-refractivity contribution in [3.63, 3.8) is 0 Å². The maximum Gasteiger partial charge on any atom is 0.0903 e. The first-order chi connectivity index (χ1) is 7.43. The van der Waals surface area contributed by atoms with E-state index in [9.17, 15) is 0 Å². The van der Waals surface area contributed by atoms with Gasteiger partial charge in [-0.2, -0.15) is 0 Å². The summed E-state index contributed by atoms with van der Waals surface area (Å²) in [6.45, 7) is 0.927. The summed E-state index contributed by atoms with van der Waals surface area (Å²) in [6, 6.07) is 10.4. The standard InChI is InChI=1S/C12H11NOS/c1-4-11-10(3-2-6-13-11)12(5-1)15-8-9-7-14-9/h1-6,9H,7-8H2. The lowest BCUT2D eigenvalue weighted by Crippen LogP contribution is -1.89. The maximum atomic E-state index is 5.21. The smallest absolute Gasteiger partial charge is 0.0903 e. The van der Waals surface area contributed by atoms with E-state index in [4.69, 9.17) is 4.74 Å². The fourth-order valence-corrected chi connectivity index (χ4v) is 2.61. The number of nitrogens with zero attached hydrogens (tertiary/aromatic N) is 1. The number of benzene rings is 1. The average Bonchev–Trinajstić information content (AvgIpc) is 3.10. The number of aromatic nitrogens is 1. The van der Waals surface area contributed by atoms with E-state index in [1.54, 1.807) is 0 Å². The Labute approximate surface area is 92.7 Å². The Morgan fingerprint density at radius 3 is 3.13 bits per heavy atom. The molecule has 15 heavy (non-hydrogen) atoms. The van der Waals surface area contributed by atoms with Crippen LogP contribution in [0.2, 0.25) is 0 Å². The zero-order valence-electron chi connectivity index (χ0n) is 8.22. The lowest BCUT2D eigenvalue weighted by Gasteiger charge is -2.03. The number of thioether (sulfide) groups is 1. The Kier molecular flexibility index (Phi) is 2.35. The van der Waals surface area contributed by atoms with E-state index in [0.29, 0.717) is 6.10 Å². The van der Waals surface area contributed by atoms with Crippen LogP contribution in [0.1, 0.15) is 0 Å². The van der Waals surface area contributed by atoms with E-state index in [1.807, 2.05) is 30.1 Å². The quantitative estimate of drug-likeness (QED) is 0.584. The molecule has 3 rings (SSSR count). The molecule has 76 valence electrons. The second-order valence-electron chi connectivity index (χ2n) is 3.59. The number of rotatable bonds is 3. The summed E-state index contributed by atoms with van der Waals surface area (Å²) in [5.41, 5.74) is 1.07. The number of hydrogen-bond acceptors (Lipinski definition) is 3. The van der Waals surface area contributed by atoms with Crippen molar-refractivity contribution in [1.82, 2.24) is 4.98 Å². The van der Waals surface area contributed by atoms with E-state index in [2.05, 4.69) is 23.2 Å². The van der Waals surface area contributed by atoms with Crippen LogP contribution in [0.5, 0.6) is 0 Å². The molecule has 1 aromatic carbocycles. The summed E-state index contributed by atoms with van der Waals surface area (Å²) in [5.74, 6) is 1.05. The molecule has 1 unspecified atom stereocenters. The van der Waals surface area contributed by atoms with Crippen LogP contribution in [0.15, 0.2) is 41.4 Å². The van der Waals surface area contributed by atoms with E-state index in [-0.39, 0.29) is 0 Å². The van der Waals surface area contributed by atoms with Crippen LogP contribution in [0.25, 0.3) is 10.9 Å². The first kappa shape index (κ1) is 9.19. The van der Waals surface area contributed by atoms with Crippen molar-refractivity contribution in [2.24, 2.45) is 0 Å². The fourth-order valence-electron chi connectivity index (χ4n) is 1.55. The van der Waals surface area contributed by atoms with E-state index in [1.165, 1.54) is 10.3 Å². The maximum absolute atomic E-state index is 5.21. The Balaban J connectivity index is 1.93. The van der Waals surface area contributed by atoms with Gasteiger partial charge in [-0.3, -0.25) is 4.98 Å². The normalized spacial score (nSPS) is 19.3. The van der Waals surface area contributed by atoms with Gasteiger partial charge in [-0.1, -0.05) is 12.1 Å². The molecule has 0 saturated carbocycles. The Morgan fingerprint density at radius 2 is 2.27 bits per heavy atom. The molecule has 0 aliphatic carbocycles.